The van der Waals surface area contributed by atoms with Gasteiger partial charge in [0.15, 0.2) is 0 Å². The van der Waals surface area contributed by atoms with Crippen molar-refractivity contribution in [2.45, 2.75) is 58.8 Å². The Bertz CT molecular complexity index is 1170. The summed E-state index contributed by atoms with van der Waals surface area (Å²) in [6, 6.07) is 6.70. The molecule has 1 aromatic carbocycles. The summed E-state index contributed by atoms with van der Waals surface area (Å²) in [5.41, 5.74) is -3.75. The third-order valence-electron chi connectivity index (χ3n) is 6.25. The molecule has 34 heavy (non-hydrogen) atoms. The summed E-state index contributed by atoms with van der Waals surface area (Å²) in [4.78, 5) is 38.9. The Kier molecular flexibility index (Phi) is 6.63. The molecule has 2 N–H and O–H groups in total. The lowest BCUT2D eigenvalue weighted by molar-refractivity contribution is -0.126. The van der Waals surface area contributed by atoms with Crippen LogP contribution < -0.4 is 5.56 Å². The lowest BCUT2D eigenvalue weighted by Crippen LogP contribution is -2.61. The fourth-order valence-corrected chi connectivity index (χ4v) is 4.19. The summed E-state index contributed by atoms with van der Waals surface area (Å²) >= 11 is 0. The molecule has 0 bridgehead atoms. The Morgan fingerprint density at radius 2 is 1.82 bits per heavy atom. The first kappa shape index (κ1) is 25.4. The Hall–Kier alpha value is -3.20. The minimum absolute atomic E-state index is 0.00820. The van der Waals surface area contributed by atoms with Gasteiger partial charge in [-0.1, -0.05) is 32.0 Å². The normalized spacial score (nSPS) is 20.1. The number of rotatable bonds is 4. The zero-order valence-corrected chi connectivity index (χ0v) is 20.1. The van der Waals surface area contributed by atoms with Crippen LogP contribution >= 0.6 is 0 Å². The van der Waals surface area contributed by atoms with Crippen molar-refractivity contribution >= 4 is 12.1 Å². The first-order chi connectivity index (χ1) is 15.6. The predicted molar refractivity (Wildman–Crippen MR) is 124 cm³/mol. The molecule has 0 aliphatic carbocycles. The molecule has 1 amide bonds. The molecular formula is C25H31FN2O6. The van der Waals surface area contributed by atoms with Crippen molar-refractivity contribution < 1.29 is 28.9 Å². The number of aromatic nitrogens is 1. The lowest BCUT2D eigenvalue weighted by atomic mass is 9.70. The van der Waals surface area contributed by atoms with Crippen LogP contribution in [0.25, 0.3) is 11.1 Å². The molecule has 1 aliphatic heterocycles. The van der Waals surface area contributed by atoms with E-state index in [4.69, 9.17) is 4.74 Å². The van der Waals surface area contributed by atoms with E-state index in [-0.39, 0.29) is 42.7 Å². The van der Waals surface area contributed by atoms with Gasteiger partial charge in [0.1, 0.15) is 11.4 Å². The topological polar surface area (TPSA) is 109 Å². The van der Waals surface area contributed by atoms with Crippen LogP contribution in [0.3, 0.4) is 0 Å². The van der Waals surface area contributed by atoms with Crippen molar-refractivity contribution in [1.82, 2.24) is 9.47 Å². The molecular weight excluding hydrogens is 443 g/mol. The zero-order valence-electron chi connectivity index (χ0n) is 20.1. The number of ether oxygens (including phenoxy) is 1. The Balaban J connectivity index is 1.92. The van der Waals surface area contributed by atoms with Crippen LogP contribution in [-0.2, 0) is 11.3 Å². The maximum atomic E-state index is 14.3. The number of hydrogen-bond donors (Lipinski definition) is 2. The molecule has 1 saturated heterocycles. The molecule has 184 valence electrons. The number of piperidine rings is 1. The van der Waals surface area contributed by atoms with E-state index >= 15 is 0 Å². The van der Waals surface area contributed by atoms with Gasteiger partial charge in [-0.05, 0) is 33.3 Å². The second-order valence-corrected chi connectivity index (χ2v) is 10.4. The number of carbonyl (C=O) groups is 2. The average Bonchev–Trinajstić information content (AvgIpc) is 2.70. The van der Waals surface area contributed by atoms with Gasteiger partial charge in [0, 0.05) is 41.9 Å². The average molecular weight is 475 g/mol. The number of aromatic carboxylic acids is 1. The minimum atomic E-state index is -1.41. The number of benzene rings is 1. The third kappa shape index (κ3) is 5.14. The molecule has 0 spiro atoms. The van der Waals surface area contributed by atoms with Crippen molar-refractivity contribution in [2.75, 3.05) is 13.1 Å². The standard InChI is InChI=1S/C25H31FN2O6/c1-23(2,3)34-22(32)27-11-10-25(33,24(4,5)14-27)15-28-13-18(21(30)31)17(12-20(28)29)16-8-6-7-9-19(16)26/h6-9,12-13,33H,10-11,14-15H2,1-5H3,(H,30,31). The van der Waals surface area contributed by atoms with Crippen molar-refractivity contribution in [3.8, 4) is 11.1 Å². The Morgan fingerprint density at radius 1 is 1.18 bits per heavy atom. The van der Waals surface area contributed by atoms with Crippen LogP contribution in [0, 0.1) is 11.2 Å². The molecule has 9 heteroatoms. The quantitative estimate of drug-likeness (QED) is 0.699. The van der Waals surface area contributed by atoms with Gasteiger partial charge < -0.3 is 24.4 Å². The van der Waals surface area contributed by atoms with Gasteiger partial charge in [-0.2, -0.15) is 0 Å². The third-order valence-corrected chi connectivity index (χ3v) is 6.25. The highest BCUT2D eigenvalue weighted by atomic mass is 19.1. The number of halogens is 1. The molecule has 3 rings (SSSR count). The molecule has 1 atom stereocenters. The highest BCUT2D eigenvalue weighted by Gasteiger charge is 2.49. The number of pyridine rings is 1. The summed E-state index contributed by atoms with van der Waals surface area (Å²) in [5.74, 6) is -1.96. The van der Waals surface area contributed by atoms with Gasteiger partial charge in [0.25, 0.3) is 5.56 Å². The van der Waals surface area contributed by atoms with Crippen LogP contribution in [0.1, 0.15) is 51.4 Å². The lowest BCUT2D eigenvalue weighted by Gasteiger charge is -2.50. The first-order valence-electron chi connectivity index (χ1n) is 11.1. The molecule has 0 saturated carbocycles. The number of carboxylic acids is 1. The Morgan fingerprint density at radius 3 is 2.38 bits per heavy atom. The summed E-state index contributed by atoms with van der Waals surface area (Å²) in [5, 5.41) is 21.3. The largest absolute Gasteiger partial charge is 0.478 e. The molecule has 2 heterocycles. The number of amides is 1. The van der Waals surface area contributed by atoms with Gasteiger partial charge >= 0.3 is 12.1 Å². The smallest absolute Gasteiger partial charge is 0.410 e. The van der Waals surface area contributed by atoms with E-state index in [1.165, 1.54) is 23.1 Å². The van der Waals surface area contributed by atoms with Crippen LogP contribution in [0.15, 0.2) is 41.3 Å². The molecule has 1 aliphatic rings. The van der Waals surface area contributed by atoms with E-state index in [2.05, 4.69) is 0 Å². The van der Waals surface area contributed by atoms with Crippen LogP contribution in [0.4, 0.5) is 9.18 Å². The maximum Gasteiger partial charge on any atom is 0.410 e. The summed E-state index contributed by atoms with van der Waals surface area (Å²) in [6.07, 6.45) is 0.811. The summed E-state index contributed by atoms with van der Waals surface area (Å²) < 4.78 is 20.9. The van der Waals surface area contributed by atoms with E-state index in [0.717, 1.165) is 16.8 Å². The van der Waals surface area contributed by atoms with Crippen molar-refractivity contribution in [2.24, 2.45) is 5.41 Å². The summed E-state index contributed by atoms with van der Waals surface area (Å²) in [6.45, 7) is 9.09. The van der Waals surface area contributed by atoms with E-state index in [1.807, 2.05) is 0 Å². The van der Waals surface area contributed by atoms with Crippen molar-refractivity contribution in [3.63, 3.8) is 0 Å². The number of likely N-dealkylation sites (tertiary alicyclic amines) is 1. The van der Waals surface area contributed by atoms with Gasteiger partial charge in [0.2, 0.25) is 0 Å². The predicted octanol–water partition coefficient (Wildman–Crippen LogP) is 3.75. The minimum Gasteiger partial charge on any atom is -0.478 e. The molecule has 1 aromatic heterocycles. The van der Waals surface area contributed by atoms with Crippen LogP contribution in [0.5, 0.6) is 0 Å². The molecule has 2 aromatic rings. The molecule has 1 fully saturated rings. The SMILES string of the molecule is CC(C)(C)OC(=O)N1CCC(O)(Cn2cc(C(=O)O)c(-c3ccccc3F)cc2=O)C(C)(C)C1. The van der Waals surface area contributed by atoms with Crippen LogP contribution in [-0.4, -0.2) is 56.0 Å². The van der Waals surface area contributed by atoms with E-state index in [0.29, 0.717) is 0 Å². The fraction of sp³-hybridized carbons (Fsp3) is 0.480. The molecule has 0 radical (unpaired) electrons. The number of nitrogens with zero attached hydrogens (tertiary/aromatic N) is 2. The number of hydrogen-bond acceptors (Lipinski definition) is 5. The zero-order chi connectivity index (χ0) is 25.5. The highest BCUT2D eigenvalue weighted by Crippen LogP contribution is 2.40. The monoisotopic (exact) mass is 474 g/mol. The fourth-order valence-electron chi connectivity index (χ4n) is 4.19. The van der Waals surface area contributed by atoms with E-state index in [1.54, 1.807) is 40.7 Å². The van der Waals surface area contributed by atoms with Crippen LogP contribution in [0.2, 0.25) is 0 Å². The highest BCUT2D eigenvalue weighted by molar-refractivity contribution is 5.95. The van der Waals surface area contributed by atoms with E-state index < -0.39 is 40.1 Å². The number of carboxylic acid groups (broad SMARTS) is 1. The van der Waals surface area contributed by atoms with Crippen molar-refractivity contribution in [1.29, 1.82) is 0 Å². The van der Waals surface area contributed by atoms with Crippen molar-refractivity contribution in [3.05, 3.63) is 58.3 Å². The first-order valence-corrected chi connectivity index (χ1v) is 11.1. The van der Waals surface area contributed by atoms with Gasteiger partial charge in [-0.3, -0.25) is 4.79 Å². The Labute approximate surface area is 197 Å². The summed E-state index contributed by atoms with van der Waals surface area (Å²) in [7, 11) is 0. The number of aliphatic hydroxyl groups is 1. The maximum absolute atomic E-state index is 14.3. The second-order valence-electron chi connectivity index (χ2n) is 10.4. The molecule has 8 nitrogen and oxygen atoms in total. The molecule has 1 unspecified atom stereocenters. The number of carbonyl (C=O) groups excluding carboxylic acids is 1. The van der Waals surface area contributed by atoms with Gasteiger partial charge in [0.05, 0.1) is 17.7 Å². The van der Waals surface area contributed by atoms with E-state index in [9.17, 15) is 29.0 Å². The second kappa shape index (κ2) is 8.87. The van der Waals surface area contributed by atoms with Gasteiger partial charge in [-0.25, -0.2) is 14.0 Å². The van der Waals surface area contributed by atoms with Gasteiger partial charge in [-0.15, -0.1) is 0 Å².